The molecule has 2 aliphatic heterocycles. The lowest BCUT2D eigenvalue weighted by atomic mass is 10.1. The maximum atomic E-state index is 12.2. The molecule has 1 aromatic carbocycles. The Bertz CT molecular complexity index is 635. The van der Waals surface area contributed by atoms with Crippen molar-refractivity contribution in [3.8, 4) is 0 Å². The molecular formula is C17H22N4O. The van der Waals surface area contributed by atoms with Crippen LogP contribution in [0.25, 0.3) is 0 Å². The summed E-state index contributed by atoms with van der Waals surface area (Å²) in [4.78, 5) is 20.9. The number of carbonyl (C=O) groups excluding carboxylic acids is 1. The number of nitrogens with one attached hydrogen (secondary N) is 1. The number of carbonyl (C=O) groups is 1. The van der Waals surface area contributed by atoms with Gasteiger partial charge in [0.05, 0.1) is 12.6 Å². The summed E-state index contributed by atoms with van der Waals surface area (Å²) in [5, 5.41) is 3.03. The third kappa shape index (κ3) is 2.58. The number of likely N-dealkylation sites (N-methyl/N-ethyl adjacent to an activating group) is 1. The van der Waals surface area contributed by atoms with Crippen LogP contribution >= 0.6 is 0 Å². The highest BCUT2D eigenvalue weighted by Crippen LogP contribution is 2.26. The van der Waals surface area contributed by atoms with E-state index in [0.29, 0.717) is 13.1 Å². The smallest absolute Gasteiger partial charge is 0.323 e. The number of amides is 2. The zero-order valence-electron chi connectivity index (χ0n) is 13.3. The number of aliphatic imine (C=N–C) groups is 1. The van der Waals surface area contributed by atoms with Crippen LogP contribution in [-0.2, 0) is 6.54 Å². The zero-order chi connectivity index (χ0) is 15.7. The van der Waals surface area contributed by atoms with Gasteiger partial charge in [-0.15, -0.1) is 0 Å². The average Bonchev–Trinajstić information content (AvgIpc) is 2.53. The van der Waals surface area contributed by atoms with Crippen LogP contribution in [0.2, 0.25) is 0 Å². The highest BCUT2D eigenvalue weighted by atomic mass is 16.2. The van der Waals surface area contributed by atoms with E-state index in [9.17, 15) is 4.79 Å². The van der Waals surface area contributed by atoms with Gasteiger partial charge in [0.15, 0.2) is 0 Å². The Labute approximate surface area is 131 Å². The first-order valence-corrected chi connectivity index (χ1v) is 7.75. The van der Waals surface area contributed by atoms with Crippen LogP contribution in [0.15, 0.2) is 46.8 Å². The van der Waals surface area contributed by atoms with Crippen molar-refractivity contribution in [1.29, 1.82) is 0 Å². The van der Waals surface area contributed by atoms with Crippen molar-refractivity contribution >= 4 is 11.7 Å². The number of hydrogen-bond donors (Lipinski definition) is 1. The molecule has 3 rings (SSSR count). The molecule has 0 spiro atoms. The molecular weight excluding hydrogens is 276 g/mol. The topological polar surface area (TPSA) is 47.9 Å². The number of hydrogen-bond acceptors (Lipinski definition) is 3. The van der Waals surface area contributed by atoms with Gasteiger partial charge in [-0.2, -0.15) is 0 Å². The first-order valence-electron chi connectivity index (χ1n) is 7.75. The highest BCUT2D eigenvalue weighted by molar-refractivity contribution is 5.90. The third-order valence-electron chi connectivity index (χ3n) is 4.37. The Kier molecular flexibility index (Phi) is 3.88. The summed E-state index contributed by atoms with van der Waals surface area (Å²) >= 11 is 0. The van der Waals surface area contributed by atoms with Gasteiger partial charge < -0.3 is 9.80 Å². The van der Waals surface area contributed by atoms with E-state index in [1.165, 1.54) is 5.56 Å². The van der Waals surface area contributed by atoms with Gasteiger partial charge in [0.25, 0.3) is 0 Å². The number of benzene rings is 1. The average molecular weight is 298 g/mol. The molecule has 0 radical (unpaired) electrons. The number of nitrogens with zero attached hydrogens (tertiary/aromatic N) is 3. The molecule has 0 saturated heterocycles. The van der Waals surface area contributed by atoms with E-state index in [1.54, 1.807) is 4.90 Å². The van der Waals surface area contributed by atoms with Gasteiger partial charge in [0, 0.05) is 18.8 Å². The highest BCUT2D eigenvalue weighted by Gasteiger charge is 2.33. The molecule has 0 bridgehead atoms. The van der Waals surface area contributed by atoms with E-state index in [-0.39, 0.29) is 12.1 Å². The van der Waals surface area contributed by atoms with Crippen LogP contribution in [0.3, 0.4) is 0 Å². The zero-order valence-corrected chi connectivity index (χ0v) is 13.3. The lowest BCUT2D eigenvalue weighted by Crippen LogP contribution is -2.53. The van der Waals surface area contributed by atoms with Crippen LogP contribution in [-0.4, -0.2) is 40.7 Å². The van der Waals surface area contributed by atoms with Crippen molar-refractivity contribution in [1.82, 2.24) is 15.1 Å². The van der Waals surface area contributed by atoms with E-state index >= 15 is 0 Å². The molecule has 5 heteroatoms. The molecule has 0 saturated carbocycles. The molecule has 5 nitrogen and oxygen atoms in total. The predicted molar refractivity (Wildman–Crippen MR) is 87.4 cm³/mol. The first-order chi connectivity index (χ1) is 10.6. The van der Waals surface area contributed by atoms with Gasteiger partial charge in [-0.05, 0) is 26.3 Å². The van der Waals surface area contributed by atoms with Crippen LogP contribution in [0.5, 0.6) is 0 Å². The summed E-state index contributed by atoms with van der Waals surface area (Å²) in [5.74, 6) is 0.858. The van der Waals surface area contributed by atoms with Crippen molar-refractivity contribution in [2.75, 3.05) is 13.1 Å². The molecule has 1 unspecified atom stereocenters. The van der Waals surface area contributed by atoms with Crippen molar-refractivity contribution < 1.29 is 4.79 Å². The second kappa shape index (κ2) is 5.83. The summed E-state index contributed by atoms with van der Waals surface area (Å²) in [5.41, 5.74) is 3.26. The largest absolute Gasteiger partial charge is 0.344 e. The Balaban J connectivity index is 1.93. The van der Waals surface area contributed by atoms with Crippen LogP contribution in [0.4, 0.5) is 4.79 Å². The fraction of sp³-hybridized carbons (Fsp3) is 0.412. The SMILES string of the molecule is CCN1CC2=C(NC1=O)N(Cc1ccccc1)C(C)C(C)=N2. The molecule has 0 fully saturated rings. The van der Waals surface area contributed by atoms with Crippen molar-refractivity contribution in [2.24, 2.45) is 4.99 Å². The Morgan fingerprint density at radius 2 is 2.05 bits per heavy atom. The number of urea groups is 1. The van der Waals surface area contributed by atoms with E-state index in [0.717, 1.165) is 23.8 Å². The minimum Gasteiger partial charge on any atom is -0.344 e. The van der Waals surface area contributed by atoms with E-state index < -0.39 is 0 Å². The summed E-state index contributed by atoms with van der Waals surface area (Å²) in [6.45, 7) is 8.19. The Morgan fingerprint density at radius 1 is 1.32 bits per heavy atom. The molecule has 1 atom stereocenters. The molecule has 1 N–H and O–H groups in total. The molecule has 2 heterocycles. The van der Waals surface area contributed by atoms with E-state index in [2.05, 4.69) is 36.2 Å². The van der Waals surface area contributed by atoms with Gasteiger partial charge in [0.2, 0.25) is 0 Å². The van der Waals surface area contributed by atoms with Crippen LogP contribution < -0.4 is 5.32 Å². The lowest BCUT2D eigenvalue weighted by Gasteiger charge is -2.41. The summed E-state index contributed by atoms with van der Waals surface area (Å²) < 4.78 is 0. The molecule has 2 amide bonds. The van der Waals surface area contributed by atoms with Crippen LogP contribution in [0, 0.1) is 0 Å². The van der Waals surface area contributed by atoms with Gasteiger partial charge in [0.1, 0.15) is 11.5 Å². The summed E-state index contributed by atoms with van der Waals surface area (Å²) in [7, 11) is 0. The van der Waals surface area contributed by atoms with Crippen molar-refractivity contribution in [3.63, 3.8) is 0 Å². The van der Waals surface area contributed by atoms with Gasteiger partial charge in [-0.1, -0.05) is 30.3 Å². The molecule has 0 aromatic heterocycles. The van der Waals surface area contributed by atoms with Crippen molar-refractivity contribution in [2.45, 2.75) is 33.4 Å². The molecule has 0 aliphatic carbocycles. The van der Waals surface area contributed by atoms with Gasteiger partial charge >= 0.3 is 6.03 Å². The molecule has 116 valence electrons. The lowest BCUT2D eigenvalue weighted by molar-refractivity contribution is 0.187. The first kappa shape index (κ1) is 14.6. The minimum atomic E-state index is -0.0405. The molecule has 1 aromatic rings. The summed E-state index contributed by atoms with van der Waals surface area (Å²) in [6.07, 6.45) is 0. The fourth-order valence-electron chi connectivity index (χ4n) is 2.88. The second-order valence-corrected chi connectivity index (χ2v) is 5.78. The fourth-order valence-corrected chi connectivity index (χ4v) is 2.88. The van der Waals surface area contributed by atoms with Gasteiger partial charge in [-0.25, -0.2) is 4.79 Å². The third-order valence-corrected chi connectivity index (χ3v) is 4.37. The predicted octanol–water partition coefficient (Wildman–Crippen LogP) is 2.57. The Hall–Kier alpha value is -2.30. The molecule has 2 aliphatic rings. The summed E-state index contributed by atoms with van der Waals surface area (Å²) in [6, 6.07) is 10.4. The standard InChI is InChI=1S/C17H22N4O/c1-4-20-11-15-16(19-17(20)22)21(13(3)12(2)18-15)10-14-8-6-5-7-9-14/h5-9,13H,4,10-11H2,1-3H3,(H,19,22). The monoisotopic (exact) mass is 298 g/mol. The number of rotatable bonds is 3. The van der Waals surface area contributed by atoms with Crippen molar-refractivity contribution in [3.05, 3.63) is 47.4 Å². The van der Waals surface area contributed by atoms with E-state index in [1.807, 2.05) is 25.1 Å². The quantitative estimate of drug-likeness (QED) is 0.932. The normalized spacial score (nSPS) is 21.5. The Morgan fingerprint density at radius 3 is 2.73 bits per heavy atom. The van der Waals surface area contributed by atoms with Gasteiger partial charge in [-0.3, -0.25) is 10.3 Å². The maximum Gasteiger partial charge on any atom is 0.323 e. The minimum absolute atomic E-state index is 0.0405. The molecule has 22 heavy (non-hydrogen) atoms. The second-order valence-electron chi connectivity index (χ2n) is 5.78. The maximum absolute atomic E-state index is 12.2. The van der Waals surface area contributed by atoms with Crippen LogP contribution in [0.1, 0.15) is 26.3 Å². The van der Waals surface area contributed by atoms with E-state index in [4.69, 9.17) is 4.99 Å².